The van der Waals surface area contributed by atoms with Gasteiger partial charge in [0.2, 0.25) is 0 Å². The molecule has 0 unspecified atom stereocenters. The lowest BCUT2D eigenvalue weighted by Crippen LogP contribution is -2.49. The molecule has 3 nitrogen and oxygen atoms in total. The van der Waals surface area contributed by atoms with Gasteiger partial charge in [-0.1, -0.05) is 0 Å². The SMILES string of the molecule is CC(C)(C)OC(=O)N[C@@H]1CC[C@@H]1F. The molecule has 0 bridgehead atoms. The number of hydrogen-bond donors (Lipinski definition) is 1. The number of ether oxygens (including phenoxy) is 1. The van der Waals surface area contributed by atoms with Gasteiger partial charge in [0.1, 0.15) is 11.8 Å². The van der Waals surface area contributed by atoms with E-state index in [1.807, 2.05) is 0 Å². The minimum Gasteiger partial charge on any atom is -0.444 e. The fourth-order valence-electron chi connectivity index (χ4n) is 1.08. The second kappa shape index (κ2) is 3.52. The Kier molecular flexibility index (Phi) is 2.78. The summed E-state index contributed by atoms with van der Waals surface area (Å²) in [7, 11) is 0. The Bertz CT molecular complexity index is 200. The summed E-state index contributed by atoms with van der Waals surface area (Å²) < 4.78 is 17.7. The van der Waals surface area contributed by atoms with Gasteiger partial charge in [0.15, 0.2) is 0 Å². The van der Waals surface area contributed by atoms with E-state index in [4.69, 9.17) is 4.74 Å². The summed E-state index contributed by atoms with van der Waals surface area (Å²) in [6.45, 7) is 5.33. The van der Waals surface area contributed by atoms with Gasteiger partial charge in [0, 0.05) is 0 Å². The summed E-state index contributed by atoms with van der Waals surface area (Å²) >= 11 is 0. The van der Waals surface area contributed by atoms with Crippen LogP contribution < -0.4 is 5.32 Å². The van der Waals surface area contributed by atoms with Gasteiger partial charge in [-0.25, -0.2) is 9.18 Å². The molecular weight excluding hydrogens is 173 g/mol. The molecule has 0 aliphatic heterocycles. The number of carbonyl (C=O) groups is 1. The maximum atomic E-state index is 12.7. The van der Waals surface area contributed by atoms with Crippen LogP contribution >= 0.6 is 0 Å². The zero-order valence-electron chi connectivity index (χ0n) is 8.26. The molecule has 0 aromatic carbocycles. The summed E-state index contributed by atoms with van der Waals surface area (Å²) in [5.41, 5.74) is -0.514. The zero-order chi connectivity index (χ0) is 10.1. The largest absolute Gasteiger partial charge is 0.444 e. The maximum absolute atomic E-state index is 12.7. The van der Waals surface area contributed by atoms with Crippen LogP contribution in [0, 0.1) is 0 Å². The van der Waals surface area contributed by atoms with E-state index in [0.29, 0.717) is 12.8 Å². The maximum Gasteiger partial charge on any atom is 0.407 e. The van der Waals surface area contributed by atoms with Gasteiger partial charge >= 0.3 is 6.09 Å². The molecule has 1 N–H and O–H groups in total. The number of halogens is 1. The van der Waals surface area contributed by atoms with Crippen LogP contribution in [0.1, 0.15) is 33.6 Å². The lowest BCUT2D eigenvalue weighted by Gasteiger charge is -2.31. The number of rotatable bonds is 1. The summed E-state index contributed by atoms with van der Waals surface area (Å²) in [5.74, 6) is 0. The second-order valence-electron chi connectivity index (χ2n) is 4.35. The molecule has 13 heavy (non-hydrogen) atoms. The number of carbonyl (C=O) groups excluding carboxylic acids is 1. The summed E-state index contributed by atoms with van der Waals surface area (Å²) in [5, 5.41) is 2.49. The highest BCUT2D eigenvalue weighted by molar-refractivity contribution is 5.68. The third kappa shape index (κ3) is 3.20. The minimum absolute atomic E-state index is 0.338. The lowest BCUT2D eigenvalue weighted by atomic mass is 9.91. The third-order valence-electron chi connectivity index (χ3n) is 1.89. The molecular formula is C9H16FNO2. The van der Waals surface area contributed by atoms with Crippen molar-refractivity contribution in [2.75, 3.05) is 0 Å². The Balaban J connectivity index is 2.25. The molecule has 0 heterocycles. The van der Waals surface area contributed by atoms with Crippen molar-refractivity contribution in [1.82, 2.24) is 5.32 Å². The Morgan fingerprint density at radius 3 is 2.38 bits per heavy atom. The van der Waals surface area contributed by atoms with Crippen molar-refractivity contribution >= 4 is 6.09 Å². The van der Waals surface area contributed by atoms with Crippen molar-refractivity contribution in [3.8, 4) is 0 Å². The van der Waals surface area contributed by atoms with Gasteiger partial charge in [-0.2, -0.15) is 0 Å². The molecule has 1 rings (SSSR count). The van der Waals surface area contributed by atoms with Crippen LogP contribution in [0.4, 0.5) is 9.18 Å². The van der Waals surface area contributed by atoms with Crippen molar-refractivity contribution < 1.29 is 13.9 Å². The first-order valence-electron chi connectivity index (χ1n) is 4.52. The van der Waals surface area contributed by atoms with Crippen LogP contribution in [0.5, 0.6) is 0 Å². The predicted octanol–water partition coefficient (Wildman–Crippen LogP) is 2.01. The highest BCUT2D eigenvalue weighted by atomic mass is 19.1. The molecule has 0 spiro atoms. The number of amides is 1. The average Bonchev–Trinajstić information content (AvgIpc) is 1.94. The molecule has 0 aromatic heterocycles. The Morgan fingerprint density at radius 2 is 2.08 bits per heavy atom. The Labute approximate surface area is 77.6 Å². The van der Waals surface area contributed by atoms with Crippen molar-refractivity contribution in [3.63, 3.8) is 0 Å². The van der Waals surface area contributed by atoms with E-state index in [0.717, 1.165) is 0 Å². The monoisotopic (exact) mass is 189 g/mol. The van der Waals surface area contributed by atoms with E-state index >= 15 is 0 Å². The minimum atomic E-state index is -0.896. The van der Waals surface area contributed by atoms with Crippen LogP contribution in [0.3, 0.4) is 0 Å². The molecule has 0 saturated heterocycles. The van der Waals surface area contributed by atoms with Crippen LogP contribution in [0.15, 0.2) is 0 Å². The standard InChI is InChI=1S/C9H16FNO2/c1-9(2,3)13-8(12)11-7-5-4-6(7)10/h6-7H,4-5H2,1-3H3,(H,11,12)/t6-,7+/m0/s1. The predicted molar refractivity (Wildman–Crippen MR) is 47.3 cm³/mol. The fourth-order valence-corrected chi connectivity index (χ4v) is 1.08. The van der Waals surface area contributed by atoms with Crippen LogP contribution in [-0.2, 0) is 4.74 Å². The fraction of sp³-hybridized carbons (Fsp3) is 0.889. The van der Waals surface area contributed by atoms with E-state index < -0.39 is 17.9 Å². The summed E-state index contributed by atoms with van der Waals surface area (Å²) in [4.78, 5) is 11.1. The number of alkyl halides is 1. The van der Waals surface area contributed by atoms with Crippen molar-refractivity contribution in [2.45, 2.75) is 51.4 Å². The molecule has 4 heteroatoms. The van der Waals surface area contributed by atoms with Gasteiger partial charge in [0.25, 0.3) is 0 Å². The Hall–Kier alpha value is -0.800. The molecule has 1 aliphatic carbocycles. The average molecular weight is 189 g/mol. The molecule has 2 atom stereocenters. The van der Waals surface area contributed by atoms with Gasteiger partial charge < -0.3 is 10.1 Å². The highest BCUT2D eigenvalue weighted by Crippen LogP contribution is 2.23. The topological polar surface area (TPSA) is 38.3 Å². The molecule has 1 saturated carbocycles. The first-order valence-corrected chi connectivity index (χ1v) is 4.52. The smallest absolute Gasteiger partial charge is 0.407 e. The van der Waals surface area contributed by atoms with Crippen LogP contribution in [-0.4, -0.2) is 23.9 Å². The molecule has 1 fully saturated rings. The summed E-state index contributed by atoms with van der Waals surface area (Å²) in [6, 6.07) is -0.338. The van der Waals surface area contributed by atoms with E-state index in [1.165, 1.54) is 0 Å². The lowest BCUT2D eigenvalue weighted by molar-refractivity contribution is 0.0402. The third-order valence-corrected chi connectivity index (χ3v) is 1.89. The van der Waals surface area contributed by atoms with Gasteiger partial charge in [-0.05, 0) is 33.6 Å². The van der Waals surface area contributed by atoms with Gasteiger partial charge in [0.05, 0.1) is 6.04 Å². The molecule has 76 valence electrons. The number of nitrogens with one attached hydrogen (secondary N) is 1. The normalized spacial score (nSPS) is 27.7. The van der Waals surface area contributed by atoms with E-state index in [9.17, 15) is 9.18 Å². The van der Waals surface area contributed by atoms with Gasteiger partial charge in [-0.3, -0.25) is 0 Å². The summed E-state index contributed by atoms with van der Waals surface area (Å²) in [6.07, 6.45) is -0.173. The number of hydrogen-bond acceptors (Lipinski definition) is 2. The molecule has 1 aliphatic rings. The van der Waals surface area contributed by atoms with Crippen LogP contribution in [0.2, 0.25) is 0 Å². The number of alkyl carbamates (subject to hydrolysis) is 1. The van der Waals surface area contributed by atoms with Crippen LogP contribution in [0.25, 0.3) is 0 Å². The van der Waals surface area contributed by atoms with E-state index in [1.54, 1.807) is 20.8 Å². The van der Waals surface area contributed by atoms with Crippen molar-refractivity contribution in [3.05, 3.63) is 0 Å². The Morgan fingerprint density at radius 1 is 1.46 bits per heavy atom. The quantitative estimate of drug-likeness (QED) is 0.685. The highest BCUT2D eigenvalue weighted by Gasteiger charge is 2.33. The molecule has 0 radical (unpaired) electrons. The van der Waals surface area contributed by atoms with Crippen molar-refractivity contribution in [2.24, 2.45) is 0 Å². The molecule has 1 amide bonds. The molecule has 0 aromatic rings. The van der Waals surface area contributed by atoms with Crippen molar-refractivity contribution in [1.29, 1.82) is 0 Å². The van der Waals surface area contributed by atoms with Gasteiger partial charge in [-0.15, -0.1) is 0 Å². The second-order valence-corrected chi connectivity index (χ2v) is 4.35. The zero-order valence-corrected chi connectivity index (χ0v) is 8.26. The van der Waals surface area contributed by atoms with E-state index in [2.05, 4.69) is 5.32 Å². The van der Waals surface area contributed by atoms with E-state index in [-0.39, 0.29) is 6.04 Å². The first kappa shape index (κ1) is 10.3. The first-order chi connectivity index (χ1) is 5.88.